The molecule has 0 heterocycles. The van der Waals surface area contributed by atoms with Crippen molar-refractivity contribution in [3.63, 3.8) is 0 Å². The van der Waals surface area contributed by atoms with Crippen LogP contribution in [0.5, 0.6) is 0 Å². The number of carbonyl (C=O) groups is 1. The molecule has 0 fully saturated rings. The number of hydrogen-bond donors (Lipinski definition) is 0. The van der Waals surface area contributed by atoms with Gasteiger partial charge in [0.25, 0.3) is 0 Å². The molecular weight excluding hydrogens is 304 g/mol. The number of hydrogen-bond acceptors (Lipinski definition) is 4. The molecule has 0 bridgehead atoms. The van der Waals surface area contributed by atoms with Crippen LogP contribution in [0.15, 0.2) is 12.2 Å². The molecule has 0 amide bonds. The lowest BCUT2D eigenvalue weighted by molar-refractivity contribution is -0.137. The van der Waals surface area contributed by atoms with E-state index in [1.165, 1.54) is 0 Å². The molecule has 0 aromatic heterocycles. The predicted molar refractivity (Wildman–Crippen MR) is 90.9 cm³/mol. The summed E-state index contributed by atoms with van der Waals surface area (Å²) >= 11 is 0. The first-order valence-corrected chi connectivity index (χ1v) is 16.1. The van der Waals surface area contributed by atoms with Gasteiger partial charge >= 0.3 is 14.5 Å². The fourth-order valence-electron chi connectivity index (χ4n) is 1.74. The van der Waals surface area contributed by atoms with Crippen molar-refractivity contribution >= 4 is 31.2 Å². The van der Waals surface area contributed by atoms with Gasteiger partial charge in [0.2, 0.25) is 0 Å². The maximum absolute atomic E-state index is 11.6. The average Bonchev–Trinajstić information content (AvgIpc) is 2.20. The molecule has 0 rings (SSSR count). The normalized spacial score (nSPS) is 13.2. The van der Waals surface area contributed by atoms with Crippen LogP contribution < -0.4 is 0 Å². The summed E-state index contributed by atoms with van der Waals surface area (Å²) in [6.07, 6.45) is 0.254. The third kappa shape index (κ3) is 8.15. The maximum atomic E-state index is 11.6. The van der Waals surface area contributed by atoms with Gasteiger partial charge in [0.1, 0.15) is 6.23 Å². The van der Waals surface area contributed by atoms with E-state index in [0.29, 0.717) is 5.57 Å². The molecule has 0 aromatic carbocycles. The molecule has 20 heavy (non-hydrogen) atoms. The summed E-state index contributed by atoms with van der Waals surface area (Å²) in [5, 5.41) is 0. The van der Waals surface area contributed by atoms with Gasteiger partial charge in [-0.25, -0.2) is 4.79 Å². The molecule has 0 aliphatic carbocycles. The van der Waals surface area contributed by atoms with Crippen LogP contribution in [0.2, 0.25) is 45.3 Å². The van der Waals surface area contributed by atoms with Crippen molar-refractivity contribution in [3.05, 3.63) is 12.2 Å². The quantitative estimate of drug-likeness (QED) is 0.385. The highest BCUT2D eigenvalue weighted by atomic mass is 28.5. The second-order valence-corrected chi connectivity index (χ2v) is 19.9. The zero-order valence-corrected chi connectivity index (χ0v) is 17.3. The minimum absolute atomic E-state index is 0.254. The Labute approximate surface area is 127 Å². The Balaban J connectivity index is 5.11. The van der Waals surface area contributed by atoms with Gasteiger partial charge in [-0.1, -0.05) is 13.5 Å². The Kier molecular flexibility index (Phi) is 7.09. The van der Waals surface area contributed by atoms with E-state index in [1.807, 2.05) is 0 Å². The first-order valence-electron chi connectivity index (χ1n) is 7.03. The van der Waals surface area contributed by atoms with Crippen molar-refractivity contribution in [2.45, 2.75) is 59.2 Å². The van der Waals surface area contributed by atoms with Crippen LogP contribution in [0.1, 0.15) is 13.8 Å². The zero-order valence-electron chi connectivity index (χ0n) is 14.3. The first kappa shape index (κ1) is 19.8. The van der Waals surface area contributed by atoms with Gasteiger partial charge in [-0.05, 0) is 52.2 Å². The molecule has 0 aliphatic heterocycles. The second kappa shape index (κ2) is 7.17. The Morgan fingerprint density at radius 2 is 1.40 bits per heavy atom. The molecule has 118 valence electrons. The summed E-state index contributed by atoms with van der Waals surface area (Å²) in [7, 11) is -6.04. The Morgan fingerprint density at radius 1 is 1.00 bits per heavy atom. The minimum Gasteiger partial charge on any atom is -0.460 e. The summed E-state index contributed by atoms with van der Waals surface area (Å²) in [4.78, 5) is 11.6. The van der Waals surface area contributed by atoms with Gasteiger partial charge in [0.05, 0.1) is 0 Å². The van der Waals surface area contributed by atoms with Crippen LogP contribution in [0.25, 0.3) is 0 Å². The summed E-state index contributed by atoms with van der Waals surface area (Å²) in [6.45, 7) is 20.1. The topological polar surface area (TPSA) is 44.8 Å². The molecule has 4 nitrogen and oxygen atoms in total. The van der Waals surface area contributed by atoms with Crippen molar-refractivity contribution < 1.29 is 17.8 Å². The molecule has 0 N–H and O–H groups in total. The van der Waals surface area contributed by atoms with Gasteiger partial charge in [-0.2, -0.15) is 0 Å². The van der Waals surface area contributed by atoms with Crippen LogP contribution >= 0.6 is 0 Å². The van der Waals surface area contributed by atoms with Crippen molar-refractivity contribution in [1.29, 1.82) is 0 Å². The van der Waals surface area contributed by atoms with Gasteiger partial charge in [0.15, 0.2) is 16.6 Å². The van der Waals surface area contributed by atoms with Crippen molar-refractivity contribution in [3.8, 4) is 0 Å². The van der Waals surface area contributed by atoms with E-state index in [0.717, 1.165) is 6.04 Å². The highest BCUT2D eigenvalue weighted by Gasteiger charge is 2.44. The lowest BCUT2D eigenvalue weighted by atomic mass is 10.4. The Hall–Kier alpha value is -0.219. The van der Waals surface area contributed by atoms with Crippen LogP contribution in [0.4, 0.5) is 0 Å². The number of carbonyl (C=O) groups excluding carboxylic acids is 1. The van der Waals surface area contributed by atoms with Crippen molar-refractivity contribution in [2.75, 3.05) is 6.23 Å². The van der Waals surface area contributed by atoms with E-state index in [4.69, 9.17) is 13.0 Å². The molecule has 0 saturated carbocycles. The van der Waals surface area contributed by atoms with Crippen molar-refractivity contribution in [1.82, 2.24) is 0 Å². The molecule has 0 atom stereocenters. The van der Waals surface area contributed by atoms with Crippen LogP contribution in [-0.4, -0.2) is 37.4 Å². The summed E-state index contributed by atoms with van der Waals surface area (Å²) in [6, 6.07) is 0.783. The van der Waals surface area contributed by atoms with Crippen LogP contribution in [0, 0.1) is 0 Å². The molecule has 0 spiro atoms. The van der Waals surface area contributed by atoms with Gasteiger partial charge < -0.3 is 13.0 Å². The lowest BCUT2D eigenvalue weighted by Gasteiger charge is -2.39. The minimum atomic E-state index is -2.51. The van der Waals surface area contributed by atoms with Gasteiger partial charge in [-0.15, -0.1) is 0 Å². The predicted octanol–water partition coefficient (Wildman–Crippen LogP) is 3.81. The van der Waals surface area contributed by atoms with Gasteiger partial charge in [-0.3, -0.25) is 0 Å². The summed E-state index contributed by atoms with van der Waals surface area (Å²) < 4.78 is 18.1. The fourth-order valence-corrected chi connectivity index (χ4v) is 13.4. The molecule has 7 heteroatoms. The zero-order chi connectivity index (χ0) is 16.2. The summed E-state index contributed by atoms with van der Waals surface area (Å²) in [5.74, 6) is -0.367. The largest absolute Gasteiger partial charge is 0.460 e. The smallest absolute Gasteiger partial charge is 0.356 e. The third-order valence-corrected chi connectivity index (χ3v) is 11.8. The second-order valence-electron chi connectivity index (χ2n) is 7.05. The standard InChI is InChI=1S/C13H30O4Si3/c1-10-20(16-18(4,5)6,17-19(7,8)9)11-15-13(14)12(2)3/h2,10-11H2,1,3-9H3. The molecule has 0 aliphatic rings. The van der Waals surface area contributed by atoms with Gasteiger partial charge in [0, 0.05) is 5.57 Å². The fraction of sp³-hybridized carbons (Fsp3) is 0.769. The molecule has 0 unspecified atom stereocenters. The number of esters is 1. The maximum Gasteiger partial charge on any atom is 0.356 e. The van der Waals surface area contributed by atoms with E-state index in [9.17, 15) is 4.79 Å². The number of rotatable bonds is 8. The van der Waals surface area contributed by atoms with E-state index in [2.05, 4.69) is 52.8 Å². The highest BCUT2D eigenvalue weighted by molar-refractivity contribution is 6.88. The molecular formula is C13H30O4Si3. The molecule has 0 aromatic rings. The Bertz CT molecular complexity index is 340. The van der Waals surface area contributed by atoms with Crippen LogP contribution in [-0.2, 0) is 17.8 Å². The monoisotopic (exact) mass is 334 g/mol. The summed E-state index contributed by atoms with van der Waals surface area (Å²) in [5.41, 5.74) is 0.407. The SMILES string of the molecule is C=C(C)C(=O)OC[Si](CC)(O[Si](C)(C)C)O[Si](C)(C)C. The first-order chi connectivity index (χ1) is 8.80. The van der Waals surface area contributed by atoms with Crippen molar-refractivity contribution in [2.24, 2.45) is 0 Å². The van der Waals surface area contributed by atoms with E-state index in [-0.39, 0.29) is 12.2 Å². The Morgan fingerprint density at radius 3 is 1.65 bits per heavy atom. The third-order valence-electron chi connectivity index (χ3n) is 2.29. The van der Waals surface area contributed by atoms with E-state index < -0.39 is 25.2 Å². The highest BCUT2D eigenvalue weighted by Crippen LogP contribution is 2.24. The van der Waals surface area contributed by atoms with Crippen LogP contribution in [0.3, 0.4) is 0 Å². The molecule has 0 radical (unpaired) electrons. The average molecular weight is 335 g/mol. The van der Waals surface area contributed by atoms with E-state index >= 15 is 0 Å². The lowest BCUT2D eigenvalue weighted by Crippen LogP contribution is -2.57. The molecule has 0 saturated heterocycles. The number of ether oxygens (including phenoxy) is 1. The van der Waals surface area contributed by atoms with E-state index in [1.54, 1.807) is 6.92 Å².